The minimum absolute atomic E-state index is 0.0551. The van der Waals surface area contributed by atoms with Crippen LogP contribution in [0.3, 0.4) is 0 Å². The monoisotopic (exact) mass is 258 g/mol. The van der Waals surface area contributed by atoms with Gasteiger partial charge in [-0.3, -0.25) is 0 Å². The van der Waals surface area contributed by atoms with Crippen LogP contribution in [-0.2, 0) is 0 Å². The predicted octanol–water partition coefficient (Wildman–Crippen LogP) is 3.32. The van der Waals surface area contributed by atoms with Crippen molar-refractivity contribution in [2.24, 2.45) is 0 Å². The maximum absolute atomic E-state index is 9.97. The van der Waals surface area contributed by atoms with Gasteiger partial charge in [-0.15, -0.1) is 11.8 Å². The van der Waals surface area contributed by atoms with Gasteiger partial charge in [0.15, 0.2) is 0 Å². The van der Waals surface area contributed by atoms with E-state index < -0.39 is 0 Å². The van der Waals surface area contributed by atoms with E-state index in [0.717, 1.165) is 5.56 Å². The molecule has 0 saturated heterocycles. The van der Waals surface area contributed by atoms with E-state index in [-0.39, 0.29) is 17.8 Å². The Labute approximate surface area is 110 Å². The Morgan fingerprint density at radius 3 is 2.33 bits per heavy atom. The summed E-state index contributed by atoms with van der Waals surface area (Å²) in [4.78, 5) is 1.20. The molecule has 2 unspecified atom stereocenters. The highest BCUT2D eigenvalue weighted by Crippen LogP contribution is 2.55. The van der Waals surface area contributed by atoms with Crippen molar-refractivity contribution in [3.8, 4) is 5.75 Å². The average Bonchev–Trinajstić information content (AvgIpc) is 2.77. The van der Waals surface area contributed by atoms with Gasteiger partial charge >= 0.3 is 0 Å². The van der Waals surface area contributed by atoms with Crippen LogP contribution in [0.25, 0.3) is 0 Å². The van der Waals surface area contributed by atoms with Crippen LogP contribution in [0, 0.1) is 0 Å². The fraction of sp³-hybridized carbons (Fsp3) is 0.200. The SMILES string of the molecule is OCC1c2ccccc2SC1c1ccccc1O. The highest BCUT2D eigenvalue weighted by Gasteiger charge is 2.34. The zero-order valence-electron chi connectivity index (χ0n) is 9.78. The molecule has 0 radical (unpaired) electrons. The topological polar surface area (TPSA) is 40.5 Å². The van der Waals surface area contributed by atoms with Crippen LogP contribution < -0.4 is 0 Å². The molecular formula is C15H14O2S. The number of aliphatic hydroxyl groups is 1. The van der Waals surface area contributed by atoms with Gasteiger partial charge in [-0.2, -0.15) is 0 Å². The Bertz CT molecular complexity index is 568. The van der Waals surface area contributed by atoms with E-state index in [0.29, 0.717) is 5.75 Å². The molecule has 0 amide bonds. The van der Waals surface area contributed by atoms with E-state index in [1.807, 2.05) is 30.3 Å². The maximum Gasteiger partial charge on any atom is 0.119 e. The Balaban J connectivity index is 2.04. The van der Waals surface area contributed by atoms with Crippen LogP contribution in [0.2, 0.25) is 0 Å². The van der Waals surface area contributed by atoms with Gasteiger partial charge in [0.1, 0.15) is 5.75 Å². The number of phenols is 1. The van der Waals surface area contributed by atoms with Crippen LogP contribution >= 0.6 is 11.8 Å². The molecule has 1 aliphatic rings. The third kappa shape index (κ3) is 1.80. The molecule has 18 heavy (non-hydrogen) atoms. The quantitative estimate of drug-likeness (QED) is 0.868. The Kier molecular flexibility index (Phi) is 3.02. The third-order valence-electron chi connectivity index (χ3n) is 3.38. The van der Waals surface area contributed by atoms with Crippen molar-refractivity contribution in [1.82, 2.24) is 0 Å². The number of fused-ring (bicyclic) bond motifs is 1. The number of hydrogen-bond acceptors (Lipinski definition) is 3. The Morgan fingerprint density at radius 2 is 1.61 bits per heavy atom. The second-order valence-electron chi connectivity index (χ2n) is 4.42. The van der Waals surface area contributed by atoms with Crippen LogP contribution in [0.1, 0.15) is 22.3 Å². The average molecular weight is 258 g/mol. The van der Waals surface area contributed by atoms with Crippen molar-refractivity contribution in [2.75, 3.05) is 6.61 Å². The lowest BCUT2D eigenvalue weighted by atomic mass is 9.92. The molecule has 3 heteroatoms. The molecule has 2 nitrogen and oxygen atoms in total. The second kappa shape index (κ2) is 4.67. The number of phenolic OH excluding ortho intramolecular Hbond substituents is 1. The van der Waals surface area contributed by atoms with E-state index in [1.54, 1.807) is 17.8 Å². The summed E-state index contributed by atoms with van der Waals surface area (Å²) in [7, 11) is 0. The first-order valence-corrected chi connectivity index (χ1v) is 6.83. The fourth-order valence-electron chi connectivity index (χ4n) is 2.48. The molecule has 2 atom stereocenters. The minimum Gasteiger partial charge on any atom is -0.508 e. The van der Waals surface area contributed by atoms with Gasteiger partial charge in [-0.05, 0) is 17.7 Å². The van der Waals surface area contributed by atoms with Crippen molar-refractivity contribution < 1.29 is 10.2 Å². The van der Waals surface area contributed by atoms with E-state index in [1.165, 1.54) is 10.5 Å². The van der Waals surface area contributed by atoms with Crippen molar-refractivity contribution in [3.63, 3.8) is 0 Å². The van der Waals surface area contributed by atoms with E-state index >= 15 is 0 Å². The zero-order valence-corrected chi connectivity index (χ0v) is 10.6. The Morgan fingerprint density at radius 1 is 0.944 bits per heavy atom. The van der Waals surface area contributed by atoms with Crippen molar-refractivity contribution >= 4 is 11.8 Å². The summed E-state index contributed by atoms with van der Waals surface area (Å²) in [5, 5.41) is 19.7. The summed E-state index contributed by atoms with van der Waals surface area (Å²) in [6, 6.07) is 15.5. The molecule has 2 N–H and O–H groups in total. The van der Waals surface area contributed by atoms with Crippen molar-refractivity contribution in [1.29, 1.82) is 0 Å². The van der Waals surface area contributed by atoms with Crippen LogP contribution in [0.4, 0.5) is 0 Å². The number of aromatic hydroxyl groups is 1. The second-order valence-corrected chi connectivity index (χ2v) is 5.61. The molecule has 2 aromatic rings. The van der Waals surface area contributed by atoms with Gasteiger partial charge in [0.05, 0.1) is 6.61 Å². The van der Waals surface area contributed by atoms with Crippen molar-refractivity contribution in [3.05, 3.63) is 59.7 Å². The lowest BCUT2D eigenvalue weighted by Gasteiger charge is -2.18. The van der Waals surface area contributed by atoms with E-state index in [2.05, 4.69) is 12.1 Å². The molecule has 1 aliphatic heterocycles. The summed E-state index contributed by atoms with van der Waals surface area (Å²) >= 11 is 1.72. The molecule has 0 aromatic heterocycles. The van der Waals surface area contributed by atoms with Crippen molar-refractivity contribution in [2.45, 2.75) is 16.1 Å². The fourth-order valence-corrected chi connectivity index (χ4v) is 3.99. The summed E-state index contributed by atoms with van der Waals surface area (Å²) < 4.78 is 0. The molecule has 0 aliphatic carbocycles. The standard InChI is InChI=1S/C15H14O2S/c16-9-12-10-5-2-4-8-14(10)18-15(12)11-6-1-3-7-13(11)17/h1-8,12,15-17H,9H2. The van der Waals surface area contributed by atoms with Gasteiger partial charge in [0.25, 0.3) is 0 Å². The smallest absolute Gasteiger partial charge is 0.119 e. The molecule has 92 valence electrons. The van der Waals surface area contributed by atoms with Gasteiger partial charge in [-0.25, -0.2) is 0 Å². The molecule has 0 fully saturated rings. The highest BCUT2D eigenvalue weighted by atomic mass is 32.2. The third-order valence-corrected chi connectivity index (χ3v) is 4.84. The molecule has 0 spiro atoms. The molecule has 1 heterocycles. The summed E-state index contributed by atoms with van der Waals surface area (Å²) in [6.45, 7) is 0.100. The first-order chi connectivity index (χ1) is 8.81. The van der Waals surface area contributed by atoms with Gasteiger partial charge in [0.2, 0.25) is 0 Å². The van der Waals surface area contributed by atoms with Gasteiger partial charge in [0, 0.05) is 21.6 Å². The maximum atomic E-state index is 9.97. The zero-order chi connectivity index (χ0) is 12.5. The molecule has 3 rings (SSSR count). The number of hydrogen-bond donors (Lipinski definition) is 2. The lowest BCUT2D eigenvalue weighted by molar-refractivity contribution is 0.263. The lowest BCUT2D eigenvalue weighted by Crippen LogP contribution is -2.08. The summed E-state index contributed by atoms with van der Waals surface area (Å²) in [6.07, 6.45) is 0. The number of aliphatic hydroxyl groups excluding tert-OH is 1. The van der Waals surface area contributed by atoms with Gasteiger partial charge < -0.3 is 10.2 Å². The number of benzene rings is 2. The molecule has 0 saturated carbocycles. The number of thioether (sulfide) groups is 1. The summed E-state index contributed by atoms with van der Waals surface area (Å²) in [5.74, 6) is 0.362. The van der Waals surface area contributed by atoms with Gasteiger partial charge in [-0.1, -0.05) is 36.4 Å². The normalized spacial score (nSPS) is 21.8. The summed E-state index contributed by atoms with van der Waals surface area (Å²) in [5.41, 5.74) is 2.08. The number of rotatable bonds is 2. The largest absolute Gasteiger partial charge is 0.508 e. The molecule has 0 bridgehead atoms. The van der Waals surface area contributed by atoms with Crippen LogP contribution in [0.15, 0.2) is 53.4 Å². The highest BCUT2D eigenvalue weighted by molar-refractivity contribution is 8.00. The van der Waals surface area contributed by atoms with E-state index in [9.17, 15) is 10.2 Å². The minimum atomic E-state index is 0.0551. The van der Waals surface area contributed by atoms with Crippen LogP contribution in [-0.4, -0.2) is 16.8 Å². The predicted molar refractivity (Wildman–Crippen MR) is 73.0 cm³/mol. The first-order valence-electron chi connectivity index (χ1n) is 5.95. The molecule has 2 aromatic carbocycles. The van der Waals surface area contributed by atoms with E-state index in [4.69, 9.17) is 0 Å². The first kappa shape index (κ1) is 11.6. The van der Waals surface area contributed by atoms with Crippen LogP contribution in [0.5, 0.6) is 5.75 Å². The molecular weight excluding hydrogens is 244 g/mol. The Hall–Kier alpha value is -1.45. The number of para-hydroxylation sites is 1.